The second kappa shape index (κ2) is 6.25. The topological polar surface area (TPSA) is 52.6 Å². The van der Waals surface area contributed by atoms with Gasteiger partial charge in [-0.05, 0) is 18.6 Å². The molecule has 0 radical (unpaired) electrons. The summed E-state index contributed by atoms with van der Waals surface area (Å²) in [7, 11) is 0. The molecule has 2 fully saturated rings. The minimum atomic E-state index is 0.0202. The highest BCUT2D eigenvalue weighted by Gasteiger charge is 2.37. The lowest BCUT2D eigenvalue weighted by molar-refractivity contribution is -0.121. The minimum absolute atomic E-state index is 0.0202. The fraction of sp³-hybridized carbons (Fsp3) is 0.438. The largest absolute Gasteiger partial charge is 0.344 e. The number of aromatic nitrogens is 2. The molecule has 1 aromatic carbocycles. The molecule has 0 saturated carbocycles. The van der Waals surface area contributed by atoms with E-state index in [2.05, 4.69) is 19.2 Å². The molecule has 0 unspecified atom stereocenters. The van der Waals surface area contributed by atoms with Gasteiger partial charge in [-0.15, -0.1) is 0 Å². The van der Waals surface area contributed by atoms with E-state index in [1.165, 1.54) is 11.5 Å². The van der Waals surface area contributed by atoms with E-state index in [1.807, 2.05) is 35.2 Å². The van der Waals surface area contributed by atoms with Crippen molar-refractivity contribution in [2.45, 2.75) is 12.5 Å². The number of hydrogen-bond acceptors (Lipinski definition) is 6. The monoisotopic (exact) mass is 329 g/mol. The predicted octanol–water partition coefficient (Wildman–Crippen LogP) is 1.47. The summed E-state index contributed by atoms with van der Waals surface area (Å²) in [6.45, 7) is 4.43. The molecule has 0 bridgehead atoms. The number of hydrogen-bond donors (Lipinski definition) is 0. The van der Waals surface area contributed by atoms with Crippen molar-refractivity contribution in [1.82, 2.24) is 14.3 Å². The van der Waals surface area contributed by atoms with Gasteiger partial charge in [0.05, 0.1) is 6.04 Å². The molecule has 3 heterocycles. The number of piperazine rings is 1. The van der Waals surface area contributed by atoms with Crippen LogP contribution < -0.4 is 9.80 Å². The molecule has 0 aliphatic carbocycles. The number of benzene rings is 1. The zero-order chi connectivity index (χ0) is 15.6. The Morgan fingerprint density at radius 3 is 2.52 bits per heavy atom. The number of carbonyl (C=O) groups is 1. The highest BCUT2D eigenvalue weighted by Crippen LogP contribution is 2.26. The molecule has 1 amide bonds. The van der Waals surface area contributed by atoms with Crippen molar-refractivity contribution < 1.29 is 4.79 Å². The first-order chi connectivity index (χ1) is 11.3. The molecule has 2 saturated heterocycles. The fourth-order valence-electron chi connectivity index (χ4n) is 3.40. The summed E-state index contributed by atoms with van der Waals surface area (Å²) in [4.78, 5) is 23.5. The van der Waals surface area contributed by atoms with Gasteiger partial charge >= 0.3 is 0 Å². The Kier molecular flexibility index (Phi) is 3.97. The van der Waals surface area contributed by atoms with E-state index in [9.17, 15) is 4.79 Å². The summed E-state index contributed by atoms with van der Waals surface area (Å²) in [5.74, 6) is 0.237. The molecule has 1 atom stereocenters. The lowest BCUT2D eigenvalue weighted by Crippen LogP contribution is -2.52. The third kappa shape index (κ3) is 2.82. The molecule has 2 aromatic rings. The van der Waals surface area contributed by atoms with Gasteiger partial charge in [-0.2, -0.15) is 4.37 Å². The summed E-state index contributed by atoms with van der Waals surface area (Å²) < 4.78 is 4.06. The van der Waals surface area contributed by atoms with Crippen LogP contribution in [0.25, 0.3) is 0 Å². The average Bonchev–Trinajstić information content (AvgIpc) is 3.26. The van der Waals surface area contributed by atoms with Gasteiger partial charge < -0.3 is 9.80 Å². The SMILES string of the molecule is O=C1[C@@H](N2CCN(c3ncns3)CC2)CCN1c1ccccc1. The van der Waals surface area contributed by atoms with Crippen molar-refractivity contribution in [3.63, 3.8) is 0 Å². The third-order valence-corrected chi connectivity index (χ3v) is 5.35. The molecule has 23 heavy (non-hydrogen) atoms. The molecule has 2 aliphatic heterocycles. The number of anilines is 2. The molecule has 1 aromatic heterocycles. The Bertz CT molecular complexity index is 654. The van der Waals surface area contributed by atoms with E-state index in [-0.39, 0.29) is 11.9 Å². The molecule has 0 spiro atoms. The Morgan fingerprint density at radius 2 is 1.83 bits per heavy atom. The highest BCUT2D eigenvalue weighted by atomic mass is 32.1. The van der Waals surface area contributed by atoms with Crippen LogP contribution >= 0.6 is 11.5 Å². The second-order valence-corrected chi connectivity index (χ2v) is 6.64. The van der Waals surface area contributed by atoms with Gasteiger partial charge in [0.25, 0.3) is 0 Å². The first-order valence-electron chi connectivity index (χ1n) is 7.95. The summed E-state index contributed by atoms with van der Waals surface area (Å²) in [6.07, 6.45) is 2.51. The maximum atomic E-state index is 12.8. The zero-order valence-corrected chi connectivity index (χ0v) is 13.7. The van der Waals surface area contributed by atoms with Gasteiger partial charge in [0.15, 0.2) is 0 Å². The molecular formula is C16H19N5OS. The quantitative estimate of drug-likeness (QED) is 0.853. The standard InChI is InChI=1S/C16H19N5OS/c22-15-14(6-7-21(15)13-4-2-1-3-5-13)19-8-10-20(11-9-19)16-17-12-18-23-16/h1-5,12,14H,6-11H2/t14-/m0/s1. The lowest BCUT2D eigenvalue weighted by Gasteiger charge is -2.36. The van der Waals surface area contributed by atoms with Gasteiger partial charge in [-0.1, -0.05) is 18.2 Å². The fourth-order valence-corrected chi connectivity index (χ4v) is 3.98. The zero-order valence-electron chi connectivity index (χ0n) is 12.8. The van der Waals surface area contributed by atoms with Crippen molar-refractivity contribution in [3.8, 4) is 0 Å². The molecule has 0 N–H and O–H groups in total. The maximum absolute atomic E-state index is 12.8. The van der Waals surface area contributed by atoms with Crippen LogP contribution in [0.15, 0.2) is 36.7 Å². The van der Waals surface area contributed by atoms with Crippen LogP contribution in [0.5, 0.6) is 0 Å². The Labute approximate surface area is 139 Å². The third-order valence-electron chi connectivity index (χ3n) is 4.62. The van der Waals surface area contributed by atoms with Crippen molar-refractivity contribution in [2.75, 3.05) is 42.5 Å². The number of para-hydroxylation sites is 1. The van der Waals surface area contributed by atoms with Crippen LogP contribution in [0.1, 0.15) is 6.42 Å². The van der Waals surface area contributed by atoms with E-state index in [0.717, 1.165) is 50.0 Å². The normalized spacial score (nSPS) is 22.8. The maximum Gasteiger partial charge on any atom is 0.244 e. The Hall–Kier alpha value is -1.99. The highest BCUT2D eigenvalue weighted by molar-refractivity contribution is 7.09. The Morgan fingerprint density at radius 1 is 1.04 bits per heavy atom. The van der Waals surface area contributed by atoms with Crippen LogP contribution in [-0.2, 0) is 4.79 Å². The van der Waals surface area contributed by atoms with Gasteiger partial charge in [0.2, 0.25) is 11.0 Å². The second-order valence-electron chi connectivity index (χ2n) is 5.88. The van der Waals surface area contributed by atoms with Crippen LogP contribution in [0, 0.1) is 0 Å². The molecule has 120 valence electrons. The number of rotatable bonds is 3. The molecule has 2 aliphatic rings. The van der Waals surface area contributed by atoms with Crippen LogP contribution in [-0.4, -0.2) is 58.9 Å². The van der Waals surface area contributed by atoms with E-state index in [1.54, 1.807) is 6.33 Å². The molecule has 7 heteroatoms. The first kappa shape index (κ1) is 14.6. The van der Waals surface area contributed by atoms with Gasteiger partial charge in [0, 0.05) is 49.9 Å². The minimum Gasteiger partial charge on any atom is -0.344 e. The van der Waals surface area contributed by atoms with Crippen molar-refractivity contribution in [3.05, 3.63) is 36.7 Å². The van der Waals surface area contributed by atoms with Gasteiger partial charge in [-0.3, -0.25) is 9.69 Å². The van der Waals surface area contributed by atoms with E-state index >= 15 is 0 Å². The van der Waals surface area contributed by atoms with Crippen molar-refractivity contribution in [2.24, 2.45) is 0 Å². The number of amides is 1. The van der Waals surface area contributed by atoms with E-state index in [4.69, 9.17) is 0 Å². The number of carbonyl (C=O) groups excluding carboxylic acids is 1. The van der Waals surface area contributed by atoms with Crippen LogP contribution in [0.2, 0.25) is 0 Å². The first-order valence-corrected chi connectivity index (χ1v) is 8.72. The average molecular weight is 329 g/mol. The molecular weight excluding hydrogens is 310 g/mol. The van der Waals surface area contributed by atoms with Crippen LogP contribution in [0.3, 0.4) is 0 Å². The smallest absolute Gasteiger partial charge is 0.244 e. The predicted molar refractivity (Wildman–Crippen MR) is 90.9 cm³/mol. The van der Waals surface area contributed by atoms with Gasteiger partial charge in [0.1, 0.15) is 6.33 Å². The van der Waals surface area contributed by atoms with Gasteiger partial charge in [-0.25, -0.2) is 4.98 Å². The van der Waals surface area contributed by atoms with Crippen molar-refractivity contribution >= 4 is 28.3 Å². The summed E-state index contributed by atoms with van der Waals surface area (Å²) >= 11 is 1.43. The lowest BCUT2D eigenvalue weighted by atomic mass is 10.2. The molecule has 6 nitrogen and oxygen atoms in total. The summed E-state index contributed by atoms with van der Waals surface area (Å²) in [5, 5.41) is 0.980. The summed E-state index contributed by atoms with van der Waals surface area (Å²) in [6, 6.07) is 9.98. The van der Waals surface area contributed by atoms with Crippen LogP contribution in [0.4, 0.5) is 10.8 Å². The molecule has 4 rings (SSSR count). The van der Waals surface area contributed by atoms with E-state index in [0.29, 0.717) is 0 Å². The van der Waals surface area contributed by atoms with E-state index < -0.39 is 0 Å². The number of nitrogens with zero attached hydrogens (tertiary/aromatic N) is 5. The Balaban J connectivity index is 1.39. The summed E-state index contributed by atoms with van der Waals surface area (Å²) in [5.41, 5.74) is 1.01. The van der Waals surface area contributed by atoms with Crippen molar-refractivity contribution in [1.29, 1.82) is 0 Å².